The first-order valence-corrected chi connectivity index (χ1v) is 8.34. The van der Waals surface area contributed by atoms with Crippen molar-refractivity contribution in [2.24, 2.45) is 0 Å². The molecule has 0 aromatic heterocycles. The van der Waals surface area contributed by atoms with Gasteiger partial charge in [0, 0.05) is 0 Å². The number of sulfone groups is 1. The van der Waals surface area contributed by atoms with Gasteiger partial charge in [-0.05, 0) is 50.2 Å². The van der Waals surface area contributed by atoms with Gasteiger partial charge < -0.3 is 5.11 Å². The molecule has 5 nitrogen and oxygen atoms in total. The quantitative estimate of drug-likeness (QED) is 0.797. The Kier molecular flexibility index (Phi) is 6.16. The van der Waals surface area contributed by atoms with Crippen LogP contribution in [0.4, 0.5) is 0 Å². The molecule has 0 atom stereocenters. The molecule has 0 aliphatic heterocycles. The largest absolute Gasteiger partial charge is 0.478 e. The van der Waals surface area contributed by atoms with Crippen molar-refractivity contribution in [1.82, 2.24) is 4.90 Å². The number of rotatable bonds is 8. The summed E-state index contributed by atoms with van der Waals surface area (Å²) in [5.74, 6) is -1.09. The summed E-state index contributed by atoms with van der Waals surface area (Å²) in [6.07, 6.45) is 1.79. The number of carboxylic acids is 1. The van der Waals surface area contributed by atoms with Gasteiger partial charge in [0.1, 0.15) is 5.88 Å². The van der Waals surface area contributed by atoms with E-state index in [1.165, 1.54) is 24.3 Å². The Balaban J connectivity index is 2.89. The van der Waals surface area contributed by atoms with Crippen LogP contribution < -0.4 is 0 Å². The summed E-state index contributed by atoms with van der Waals surface area (Å²) in [6, 6.07) is 5.35. The van der Waals surface area contributed by atoms with Crippen molar-refractivity contribution < 1.29 is 18.3 Å². The van der Waals surface area contributed by atoms with E-state index in [9.17, 15) is 13.2 Å². The Morgan fingerprint density at radius 1 is 1.10 bits per heavy atom. The van der Waals surface area contributed by atoms with Gasteiger partial charge >= 0.3 is 5.97 Å². The van der Waals surface area contributed by atoms with E-state index in [0.717, 1.165) is 25.9 Å². The van der Waals surface area contributed by atoms with E-state index < -0.39 is 15.8 Å². The third-order valence-electron chi connectivity index (χ3n) is 2.89. The SMILES string of the molecule is CCCN(CCC)CS(=O)(=O)c1ccc(C(=O)O)cc1. The van der Waals surface area contributed by atoms with Crippen molar-refractivity contribution in [3.63, 3.8) is 0 Å². The topological polar surface area (TPSA) is 74.7 Å². The van der Waals surface area contributed by atoms with Crippen LogP contribution in [0, 0.1) is 0 Å². The van der Waals surface area contributed by atoms with Crippen molar-refractivity contribution in [3.05, 3.63) is 29.8 Å². The van der Waals surface area contributed by atoms with Crippen LogP contribution in [0.5, 0.6) is 0 Å². The van der Waals surface area contributed by atoms with E-state index in [0.29, 0.717) is 0 Å². The molecule has 0 heterocycles. The second kappa shape index (κ2) is 7.40. The van der Waals surface area contributed by atoms with Gasteiger partial charge in [0.25, 0.3) is 0 Å². The maximum Gasteiger partial charge on any atom is 0.335 e. The highest BCUT2D eigenvalue weighted by atomic mass is 32.2. The van der Waals surface area contributed by atoms with E-state index in [-0.39, 0.29) is 16.3 Å². The summed E-state index contributed by atoms with van der Waals surface area (Å²) in [5, 5.41) is 8.81. The molecule has 20 heavy (non-hydrogen) atoms. The fourth-order valence-corrected chi connectivity index (χ4v) is 3.43. The molecule has 6 heteroatoms. The predicted molar refractivity (Wildman–Crippen MR) is 77.6 cm³/mol. The van der Waals surface area contributed by atoms with Gasteiger partial charge in [0.15, 0.2) is 9.84 Å². The molecule has 1 aromatic rings. The lowest BCUT2D eigenvalue weighted by Gasteiger charge is -2.20. The van der Waals surface area contributed by atoms with E-state index in [2.05, 4.69) is 0 Å². The van der Waals surface area contributed by atoms with Crippen LogP contribution in [0.3, 0.4) is 0 Å². The summed E-state index contributed by atoms with van der Waals surface area (Å²) in [4.78, 5) is 12.8. The van der Waals surface area contributed by atoms with Crippen molar-refractivity contribution in [2.45, 2.75) is 31.6 Å². The molecule has 0 bridgehead atoms. The van der Waals surface area contributed by atoms with Crippen LogP contribution in [0.25, 0.3) is 0 Å². The third-order valence-corrected chi connectivity index (χ3v) is 4.59. The lowest BCUT2D eigenvalue weighted by atomic mass is 10.2. The number of hydrogen-bond acceptors (Lipinski definition) is 4. The fraction of sp³-hybridized carbons (Fsp3) is 0.500. The third kappa shape index (κ3) is 4.61. The molecule has 0 aliphatic rings. The van der Waals surface area contributed by atoms with Crippen molar-refractivity contribution in [2.75, 3.05) is 19.0 Å². The zero-order valence-corrected chi connectivity index (χ0v) is 12.7. The molecule has 112 valence electrons. The highest BCUT2D eigenvalue weighted by Crippen LogP contribution is 2.14. The molecule has 0 aliphatic carbocycles. The molecule has 0 saturated carbocycles. The average molecular weight is 299 g/mol. The maximum absolute atomic E-state index is 12.3. The smallest absolute Gasteiger partial charge is 0.335 e. The first-order chi connectivity index (χ1) is 9.40. The molecule has 1 rings (SSSR count). The zero-order valence-electron chi connectivity index (χ0n) is 11.9. The van der Waals surface area contributed by atoms with Gasteiger partial charge in [0.2, 0.25) is 0 Å². The Morgan fingerprint density at radius 2 is 1.60 bits per heavy atom. The number of benzene rings is 1. The lowest BCUT2D eigenvalue weighted by Crippen LogP contribution is -2.31. The molecule has 0 radical (unpaired) electrons. The van der Waals surface area contributed by atoms with Gasteiger partial charge in [-0.3, -0.25) is 4.90 Å². The van der Waals surface area contributed by atoms with Crippen LogP contribution >= 0.6 is 0 Å². The highest BCUT2D eigenvalue weighted by Gasteiger charge is 2.18. The number of hydrogen-bond donors (Lipinski definition) is 1. The minimum absolute atomic E-state index is 0.0267. The van der Waals surface area contributed by atoms with E-state index in [1.54, 1.807) is 0 Å². The zero-order chi connectivity index (χ0) is 15.2. The van der Waals surface area contributed by atoms with Crippen LogP contribution in [-0.2, 0) is 9.84 Å². The maximum atomic E-state index is 12.3. The van der Waals surface area contributed by atoms with Crippen molar-refractivity contribution >= 4 is 15.8 Å². The molecule has 1 N–H and O–H groups in total. The highest BCUT2D eigenvalue weighted by molar-refractivity contribution is 7.91. The molecule has 1 aromatic carbocycles. The van der Waals surface area contributed by atoms with Gasteiger partial charge in [0.05, 0.1) is 10.5 Å². The second-order valence-corrected chi connectivity index (χ2v) is 6.65. The summed E-state index contributed by atoms with van der Waals surface area (Å²) in [7, 11) is -3.41. The first-order valence-electron chi connectivity index (χ1n) is 6.69. The number of nitrogens with zero attached hydrogens (tertiary/aromatic N) is 1. The summed E-state index contributed by atoms with van der Waals surface area (Å²) in [5.41, 5.74) is 0.0860. The summed E-state index contributed by atoms with van der Waals surface area (Å²) < 4.78 is 24.6. The van der Waals surface area contributed by atoms with E-state index >= 15 is 0 Å². The molecule has 0 spiro atoms. The molecule has 0 saturated heterocycles. The Morgan fingerprint density at radius 3 is 2.00 bits per heavy atom. The standard InChI is InChI=1S/C14H21NO4S/c1-3-9-15(10-4-2)11-20(18,19)13-7-5-12(6-8-13)14(16)17/h5-8H,3-4,9-11H2,1-2H3,(H,16,17). The summed E-state index contributed by atoms with van der Waals surface area (Å²) in [6.45, 7) is 5.49. The van der Waals surface area contributed by atoms with Crippen molar-refractivity contribution in [3.8, 4) is 0 Å². The average Bonchev–Trinajstić information content (AvgIpc) is 2.39. The Bertz CT molecular complexity index is 531. The van der Waals surface area contributed by atoms with E-state index in [4.69, 9.17) is 5.11 Å². The van der Waals surface area contributed by atoms with Crippen LogP contribution in [0.15, 0.2) is 29.2 Å². The van der Waals surface area contributed by atoms with Crippen molar-refractivity contribution in [1.29, 1.82) is 0 Å². The number of carbonyl (C=O) groups is 1. The summed E-state index contributed by atoms with van der Waals surface area (Å²) >= 11 is 0. The molecule has 0 fully saturated rings. The normalized spacial score (nSPS) is 11.8. The van der Waals surface area contributed by atoms with Gasteiger partial charge in [-0.25, -0.2) is 13.2 Å². The van der Waals surface area contributed by atoms with Gasteiger partial charge in [-0.2, -0.15) is 0 Å². The van der Waals surface area contributed by atoms with Crippen LogP contribution in [-0.4, -0.2) is 43.4 Å². The molecular formula is C14H21NO4S. The molecule has 0 amide bonds. The molecular weight excluding hydrogens is 278 g/mol. The van der Waals surface area contributed by atoms with Gasteiger partial charge in [-0.15, -0.1) is 0 Å². The Labute approximate surface area is 120 Å². The van der Waals surface area contributed by atoms with E-state index in [1.807, 2.05) is 18.7 Å². The second-order valence-electron chi connectivity index (χ2n) is 4.69. The molecule has 0 unspecified atom stereocenters. The lowest BCUT2D eigenvalue weighted by molar-refractivity contribution is 0.0696. The van der Waals surface area contributed by atoms with Crippen LogP contribution in [0.1, 0.15) is 37.0 Å². The first kappa shape index (κ1) is 16.7. The number of carboxylic acid groups (broad SMARTS) is 1. The van der Waals surface area contributed by atoms with Gasteiger partial charge in [-0.1, -0.05) is 13.8 Å². The monoisotopic (exact) mass is 299 g/mol. The fourth-order valence-electron chi connectivity index (χ4n) is 1.99. The minimum atomic E-state index is -3.41. The number of aromatic carboxylic acids is 1. The van der Waals surface area contributed by atoms with Crippen LogP contribution in [0.2, 0.25) is 0 Å². The minimum Gasteiger partial charge on any atom is -0.478 e. The predicted octanol–water partition coefficient (Wildman–Crippen LogP) is 2.24. The Hall–Kier alpha value is -1.40.